The van der Waals surface area contributed by atoms with Crippen molar-refractivity contribution >= 4 is 17.7 Å². The van der Waals surface area contributed by atoms with Gasteiger partial charge in [0.1, 0.15) is 0 Å². The fourth-order valence-electron chi connectivity index (χ4n) is 2.94. The Morgan fingerprint density at radius 3 is 2.81 bits per heavy atom. The number of rotatable bonds is 3. The molecular formula is C16H22N2O3. The molecule has 1 aliphatic heterocycles. The number of hydrogen-bond acceptors (Lipinski definition) is 2. The van der Waals surface area contributed by atoms with E-state index in [1.807, 2.05) is 4.90 Å². The van der Waals surface area contributed by atoms with Crippen molar-refractivity contribution in [3.05, 3.63) is 29.3 Å². The van der Waals surface area contributed by atoms with Crippen LogP contribution in [-0.4, -0.2) is 34.6 Å². The lowest BCUT2D eigenvalue weighted by atomic mass is 10.0. The zero-order chi connectivity index (χ0) is 15.4. The number of carboxylic acid groups (broad SMARTS) is 1. The number of carboxylic acids is 1. The van der Waals surface area contributed by atoms with E-state index in [-0.39, 0.29) is 17.6 Å². The molecule has 1 unspecified atom stereocenters. The summed E-state index contributed by atoms with van der Waals surface area (Å²) >= 11 is 0. The molecule has 1 saturated heterocycles. The molecule has 2 N–H and O–H groups in total. The first kappa shape index (κ1) is 15.4. The number of benzene rings is 1. The highest BCUT2D eigenvalue weighted by molar-refractivity contribution is 6.01. The highest BCUT2D eigenvalue weighted by Gasteiger charge is 2.26. The van der Waals surface area contributed by atoms with Crippen molar-refractivity contribution < 1.29 is 14.7 Å². The Morgan fingerprint density at radius 1 is 1.38 bits per heavy atom. The lowest BCUT2D eigenvalue weighted by Crippen LogP contribution is -2.45. The predicted octanol–water partition coefficient (Wildman–Crippen LogP) is 3.49. The van der Waals surface area contributed by atoms with E-state index >= 15 is 0 Å². The van der Waals surface area contributed by atoms with Gasteiger partial charge in [-0.1, -0.05) is 19.1 Å². The second-order valence-electron chi connectivity index (χ2n) is 5.48. The van der Waals surface area contributed by atoms with E-state index in [1.165, 1.54) is 0 Å². The minimum Gasteiger partial charge on any atom is -0.478 e. The van der Waals surface area contributed by atoms with Crippen LogP contribution in [0.25, 0.3) is 0 Å². The maximum Gasteiger partial charge on any atom is 0.338 e. The van der Waals surface area contributed by atoms with Crippen molar-refractivity contribution in [3.8, 4) is 0 Å². The van der Waals surface area contributed by atoms with E-state index in [4.69, 9.17) is 0 Å². The quantitative estimate of drug-likeness (QED) is 0.895. The number of aryl methyl sites for hydroxylation is 1. The standard InChI is InChI=1S/C16H22N2O3/c1-3-12-8-4-5-10-18(12)16(21)17-13-9-6-7-11(2)14(13)15(19)20/h6-7,9,12H,3-5,8,10H2,1-2H3,(H,17,21)(H,19,20). The summed E-state index contributed by atoms with van der Waals surface area (Å²) in [6, 6.07) is 5.17. The number of nitrogens with zero attached hydrogens (tertiary/aromatic N) is 1. The SMILES string of the molecule is CCC1CCCCN1C(=O)Nc1cccc(C)c1C(=O)O. The third kappa shape index (κ3) is 3.35. The monoisotopic (exact) mass is 290 g/mol. The molecule has 1 aromatic carbocycles. The van der Waals surface area contributed by atoms with Crippen LogP contribution < -0.4 is 5.32 Å². The molecule has 1 aromatic rings. The van der Waals surface area contributed by atoms with Crippen molar-refractivity contribution in [2.75, 3.05) is 11.9 Å². The van der Waals surface area contributed by atoms with Crippen LogP contribution in [0.4, 0.5) is 10.5 Å². The van der Waals surface area contributed by atoms with Crippen molar-refractivity contribution in [3.63, 3.8) is 0 Å². The zero-order valence-corrected chi connectivity index (χ0v) is 12.6. The van der Waals surface area contributed by atoms with Gasteiger partial charge in [0, 0.05) is 12.6 Å². The van der Waals surface area contributed by atoms with Crippen LogP contribution in [-0.2, 0) is 0 Å². The van der Waals surface area contributed by atoms with Gasteiger partial charge in [-0.2, -0.15) is 0 Å². The molecule has 0 radical (unpaired) electrons. The molecule has 1 fully saturated rings. The summed E-state index contributed by atoms with van der Waals surface area (Å²) < 4.78 is 0. The van der Waals surface area contributed by atoms with Crippen LogP contribution in [0.1, 0.15) is 48.5 Å². The Labute approximate surface area is 125 Å². The summed E-state index contributed by atoms with van der Waals surface area (Å²) in [5.74, 6) is -1.02. The predicted molar refractivity (Wildman–Crippen MR) is 81.8 cm³/mol. The normalized spacial score (nSPS) is 18.4. The highest BCUT2D eigenvalue weighted by Crippen LogP contribution is 2.23. The second-order valence-corrected chi connectivity index (χ2v) is 5.48. The van der Waals surface area contributed by atoms with Crippen LogP contribution in [0.5, 0.6) is 0 Å². The van der Waals surface area contributed by atoms with Crippen LogP contribution in [0.3, 0.4) is 0 Å². The van der Waals surface area contributed by atoms with Gasteiger partial charge in [0.25, 0.3) is 0 Å². The summed E-state index contributed by atoms with van der Waals surface area (Å²) in [4.78, 5) is 25.6. The van der Waals surface area contributed by atoms with Crippen LogP contribution >= 0.6 is 0 Å². The molecule has 114 valence electrons. The molecular weight excluding hydrogens is 268 g/mol. The summed E-state index contributed by atoms with van der Waals surface area (Å²) in [5, 5.41) is 12.1. The molecule has 2 rings (SSSR count). The minimum atomic E-state index is -1.02. The van der Waals surface area contributed by atoms with Gasteiger partial charge in [0.05, 0.1) is 11.3 Å². The second kappa shape index (κ2) is 6.61. The fourth-order valence-corrected chi connectivity index (χ4v) is 2.94. The number of carbonyl (C=O) groups is 2. The Hall–Kier alpha value is -2.04. The molecule has 1 atom stereocenters. The number of urea groups is 1. The molecule has 0 saturated carbocycles. The van der Waals surface area contributed by atoms with E-state index in [2.05, 4.69) is 12.2 Å². The number of piperidine rings is 1. The number of amides is 2. The molecule has 0 aliphatic carbocycles. The third-order valence-electron chi connectivity index (χ3n) is 4.09. The van der Waals surface area contributed by atoms with Crippen LogP contribution in [0.15, 0.2) is 18.2 Å². The number of hydrogen-bond donors (Lipinski definition) is 2. The maximum absolute atomic E-state index is 12.4. The van der Waals surface area contributed by atoms with Crippen LogP contribution in [0, 0.1) is 6.92 Å². The molecule has 1 heterocycles. The number of aromatic carboxylic acids is 1. The first-order valence-corrected chi connectivity index (χ1v) is 7.45. The topological polar surface area (TPSA) is 69.6 Å². The number of nitrogens with one attached hydrogen (secondary N) is 1. The molecule has 5 heteroatoms. The first-order valence-electron chi connectivity index (χ1n) is 7.45. The van der Waals surface area contributed by atoms with Gasteiger partial charge in [-0.05, 0) is 44.2 Å². The summed E-state index contributed by atoms with van der Waals surface area (Å²) in [5.41, 5.74) is 1.18. The Balaban J connectivity index is 2.19. The molecule has 1 aliphatic rings. The first-order chi connectivity index (χ1) is 10.0. The molecule has 2 amide bonds. The highest BCUT2D eigenvalue weighted by atomic mass is 16.4. The van der Waals surface area contributed by atoms with E-state index in [0.29, 0.717) is 11.3 Å². The molecule has 0 aromatic heterocycles. The van der Waals surface area contributed by atoms with Gasteiger partial charge in [-0.15, -0.1) is 0 Å². The van der Waals surface area contributed by atoms with E-state index in [0.717, 1.165) is 32.2 Å². The van der Waals surface area contributed by atoms with Gasteiger partial charge in [0.2, 0.25) is 0 Å². The van der Waals surface area contributed by atoms with Crippen molar-refractivity contribution in [2.45, 2.75) is 45.6 Å². The minimum absolute atomic E-state index is 0.163. The van der Waals surface area contributed by atoms with Crippen LogP contribution in [0.2, 0.25) is 0 Å². The average Bonchev–Trinajstić information content (AvgIpc) is 2.46. The van der Waals surface area contributed by atoms with Gasteiger partial charge in [-0.25, -0.2) is 9.59 Å². The van der Waals surface area contributed by atoms with Crippen molar-refractivity contribution in [2.24, 2.45) is 0 Å². The van der Waals surface area contributed by atoms with E-state index in [9.17, 15) is 14.7 Å². The molecule has 0 spiro atoms. The fraction of sp³-hybridized carbons (Fsp3) is 0.500. The Morgan fingerprint density at radius 2 is 2.14 bits per heavy atom. The summed E-state index contributed by atoms with van der Waals surface area (Å²) in [7, 11) is 0. The van der Waals surface area contributed by atoms with Crippen molar-refractivity contribution in [1.82, 2.24) is 4.90 Å². The number of likely N-dealkylation sites (tertiary alicyclic amines) is 1. The average molecular weight is 290 g/mol. The Kier molecular flexibility index (Phi) is 4.83. The Bertz CT molecular complexity index is 542. The smallest absolute Gasteiger partial charge is 0.338 e. The largest absolute Gasteiger partial charge is 0.478 e. The zero-order valence-electron chi connectivity index (χ0n) is 12.6. The lowest BCUT2D eigenvalue weighted by molar-refractivity contribution is 0.0697. The maximum atomic E-state index is 12.4. The third-order valence-corrected chi connectivity index (χ3v) is 4.09. The molecule has 5 nitrogen and oxygen atoms in total. The van der Waals surface area contributed by atoms with E-state index < -0.39 is 5.97 Å². The summed E-state index contributed by atoms with van der Waals surface area (Å²) in [6.07, 6.45) is 4.09. The lowest BCUT2D eigenvalue weighted by Gasteiger charge is -2.35. The molecule has 21 heavy (non-hydrogen) atoms. The van der Waals surface area contributed by atoms with Gasteiger partial charge in [-0.3, -0.25) is 0 Å². The van der Waals surface area contributed by atoms with Gasteiger partial charge in [0.15, 0.2) is 0 Å². The van der Waals surface area contributed by atoms with E-state index in [1.54, 1.807) is 25.1 Å². The summed E-state index contributed by atoms with van der Waals surface area (Å²) in [6.45, 7) is 4.54. The van der Waals surface area contributed by atoms with Gasteiger partial charge >= 0.3 is 12.0 Å². The number of carbonyl (C=O) groups excluding carboxylic acids is 1. The van der Waals surface area contributed by atoms with Gasteiger partial charge < -0.3 is 15.3 Å². The van der Waals surface area contributed by atoms with Crippen molar-refractivity contribution in [1.29, 1.82) is 0 Å². The number of anilines is 1. The molecule has 0 bridgehead atoms.